The molecule has 0 saturated heterocycles. The average molecular weight is 444 g/mol. The predicted octanol–water partition coefficient (Wildman–Crippen LogP) is 4.20. The number of fused-ring (bicyclic) bond motifs is 1. The molecule has 0 saturated carbocycles. The average Bonchev–Trinajstić information content (AvgIpc) is 3.29. The van der Waals surface area contributed by atoms with Gasteiger partial charge in [-0.25, -0.2) is 4.98 Å². The van der Waals surface area contributed by atoms with Crippen LogP contribution in [0.4, 0.5) is 0 Å². The van der Waals surface area contributed by atoms with Crippen molar-refractivity contribution in [3.05, 3.63) is 76.9 Å². The number of rotatable bonds is 5. The monoisotopic (exact) mass is 443 g/mol. The summed E-state index contributed by atoms with van der Waals surface area (Å²) in [5, 5.41) is 11.6. The molecular formula is C20H18BrN3O2S. The molecule has 4 aromatic rings. The van der Waals surface area contributed by atoms with Gasteiger partial charge in [-0.05, 0) is 40.2 Å². The zero-order valence-corrected chi connectivity index (χ0v) is 17.1. The van der Waals surface area contributed by atoms with E-state index in [0.717, 1.165) is 27.1 Å². The maximum atomic E-state index is 12.7. The first-order valence-corrected chi connectivity index (χ1v) is 10.5. The Morgan fingerprint density at radius 1 is 1.22 bits per heavy atom. The summed E-state index contributed by atoms with van der Waals surface area (Å²) >= 11 is 3.45. The second kappa shape index (κ2) is 7.32. The van der Waals surface area contributed by atoms with Crippen LogP contribution in [0.15, 0.2) is 70.6 Å². The molecule has 27 heavy (non-hydrogen) atoms. The van der Waals surface area contributed by atoms with Crippen LogP contribution in [0.1, 0.15) is 11.3 Å². The van der Waals surface area contributed by atoms with Crippen molar-refractivity contribution < 1.29 is 9.32 Å². The molecule has 0 aliphatic rings. The highest BCUT2D eigenvalue weighted by molar-refractivity contribution is 9.10. The van der Waals surface area contributed by atoms with E-state index in [-0.39, 0.29) is 5.75 Å². The molecule has 0 aliphatic heterocycles. The van der Waals surface area contributed by atoms with E-state index in [2.05, 4.69) is 20.9 Å². The lowest BCUT2D eigenvalue weighted by Gasteiger charge is -2.10. The Bertz CT molecular complexity index is 1120. The topological polar surface area (TPSA) is 60.0 Å². The zero-order valence-electron chi connectivity index (χ0n) is 14.7. The van der Waals surface area contributed by atoms with Gasteiger partial charge in [0, 0.05) is 46.5 Å². The largest absolute Gasteiger partial charge is 0.506 e. The molecule has 2 heterocycles. The summed E-state index contributed by atoms with van der Waals surface area (Å²) in [5.41, 5.74) is 2.75. The molecule has 2 aromatic heterocycles. The lowest BCUT2D eigenvalue weighted by Crippen LogP contribution is -2.02. The van der Waals surface area contributed by atoms with Crippen LogP contribution >= 0.6 is 15.9 Å². The Hall–Kier alpha value is -2.38. The zero-order chi connectivity index (χ0) is 19.0. The summed E-state index contributed by atoms with van der Waals surface area (Å²) in [6.07, 6.45) is 5.30. The number of aromatic nitrogens is 3. The summed E-state index contributed by atoms with van der Waals surface area (Å²) in [5.74, 6) is 0.635. The van der Waals surface area contributed by atoms with Gasteiger partial charge in [0.15, 0.2) is 0 Å². The molecule has 0 fully saturated rings. The molecule has 0 aliphatic carbocycles. The van der Waals surface area contributed by atoms with Crippen LogP contribution in [0.5, 0.6) is 5.75 Å². The molecule has 0 bridgehead atoms. The first kappa shape index (κ1) is 18.0. The van der Waals surface area contributed by atoms with Gasteiger partial charge in [-0.15, -0.1) is 0 Å². The van der Waals surface area contributed by atoms with Crippen LogP contribution in [-0.4, -0.2) is 23.4 Å². The molecule has 7 heteroatoms. The van der Waals surface area contributed by atoms with Crippen molar-refractivity contribution in [1.29, 1.82) is 0 Å². The molecule has 1 atom stereocenters. The van der Waals surface area contributed by atoms with E-state index < -0.39 is 10.8 Å². The van der Waals surface area contributed by atoms with Gasteiger partial charge in [-0.2, -0.15) is 0 Å². The Morgan fingerprint density at radius 2 is 2.00 bits per heavy atom. The standard InChI is InChI=1S/C20H18BrN3O2S/c1-23-14(12-27(26)15-5-3-2-4-6-15)9-16-17(11-24-8-7-22-13-24)20(25)18(21)10-19(16)23/h2-10,13,25H,11-12H2,1H3. The molecule has 1 N–H and O–H groups in total. The fourth-order valence-corrected chi connectivity index (χ4v) is 4.83. The third kappa shape index (κ3) is 3.44. The normalized spacial score (nSPS) is 12.5. The fraction of sp³-hybridized carbons (Fsp3) is 0.150. The van der Waals surface area contributed by atoms with E-state index in [4.69, 9.17) is 0 Å². The maximum Gasteiger partial charge on any atom is 0.135 e. The first-order valence-electron chi connectivity index (χ1n) is 8.42. The van der Waals surface area contributed by atoms with Crippen LogP contribution in [-0.2, 0) is 30.1 Å². The minimum atomic E-state index is -1.13. The van der Waals surface area contributed by atoms with Gasteiger partial charge in [0.1, 0.15) is 5.75 Å². The number of hydrogen-bond acceptors (Lipinski definition) is 3. The highest BCUT2D eigenvalue weighted by Gasteiger charge is 2.18. The molecule has 4 rings (SSSR count). The van der Waals surface area contributed by atoms with E-state index in [1.165, 1.54) is 0 Å². The SMILES string of the molecule is Cn1c(CS(=O)c2ccccc2)cc2c(Cn3ccnc3)c(O)c(Br)cc21. The van der Waals surface area contributed by atoms with Gasteiger partial charge in [0.2, 0.25) is 0 Å². The van der Waals surface area contributed by atoms with E-state index >= 15 is 0 Å². The number of nitrogens with zero attached hydrogens (tertiary/aromatic N) is 3. The number of aromatic hydroxyl groups is 1. The minimum Gasteiger partial charge on any atom is -0.506 e. The molecular weight excluding hydrogens is 426 g/mol. The molecule has 0 radical (unpaired) electrons. The van der Waals surface area contributed by atoms with Crippen LogP contribution < -0.4 is 0 Å². The van der Waals surface area contributed by atoms with E-state index in [0.29, 0.717) is 16.8 Å². The summed E-state index contributed by atoms with van der Waals surface area (Å²) in [7, 11) is 0.832. The maximum absolute atomic E-state index is 12.7. The van der Waals surface area contributed by atoms with Crippen molar-refractivity contribution in [1.82, 2.24) is 14.1 Å². The van der Waals surface area contributed by atoms with Crippen LogP contribution in [0.25, 0.3) is 10.9 Å². The summed E-state index contributed by atoms with van der Waals surface area (Å²) in [6, 6.07) is 13.4. The molecule has 2 aromatic carbocycles. The number of benzene rings is 2. The number of hydrogen-bond donors (Lipinski definition) is 1. The van der Waals surface area contributed by atoms with Crippen LogP contribution in [0.2, 0.25) is 0 Å². The van der Waals surface area contributed by atoms with Gasteiger partial charge >= 0.3 is 0 Å². The van der Waals surface area contributed by atoms with Crippen LogP contribution in [0.3, 0.4) is 0 Å². The van der Waals surface area contributed by atoms with Gasteiger partial charge in [0.05, 0.1) is 33.9 Å². The lowest BCUT2D eigenvalue weighted by molar-refractivity contribution is 0.464. The molecule has 138 valence electrons. The molecule has 0 amide bonds. The summed E-state index contributed by atoms with van der Waals surface area (Å²) in [6.45, 7) is 0.507. The second-order valence-corrected chi connectivity index (χ2v) is 8.66. The molecule has 5 nitrogen and oxygen atoms in total. The van der Waals surface area contributed by atoms with E-state index in [9.17, 15) is 9.32 Å². The van der Waals surface area contributed by atoms with Crippen molar-refractivity contribution in [2.45, 2.75) is 17.2 Å². The van der Waals surface area contributed by atoms with Gasteiger partial charge < -0.3 is 14.2 Å². The third-order valence-corrected chi connectivity index (χ3v) is 6.63. The molecule has 0 spiro atoms. The quantitative estimate of drug-likeness (QED) is 0.502. The van der Waals surface area contributed by atoms with E-state index in [1.807, 2.05) is 64.8 Å². The highest BCUT2D eigenvalue weighted by Crippen LogP contribution is 2.37. The number of imidazole rings is 1. The predicted molar refractivity (Wildman–Crippen MR) is 110 cm³/mol. The van der Waals surface area contributed by atoms with Crippen molar-refractivity contribution in [2.24, 2.45) is 7.05 Å². The van der Waals surface area contributed by atoms with Crippen molar-refractivity contribution in [2.75, 3.05) is 0 Å². The van der Waals surface area contributed by atoms with Crippen molar-refractivity contribution in [3.63, 3.8) is 0 Å². The Morgan fingerprint density at radius 3 is 2.70 bits per heavy atom. The first-order chi connectivity index (χ1) is 13.0. The molecule has 1 unspecified atom stereocenters. The number of halogens is 1. The lowest BCUT2D eigenvalue weighted by atomic mass is 10.1. The van der Waals surface area contributed by atoms with Crippen LogP contribution in [0, 0.1) is 0 Å². The van der Waals surface area contributed by atoms with E-state index in [1.54, 1.807) is 12.5 Å². The smallest absolute Gasteiger partial charge is 0.135 e. The third-order valence-electron chi connectivity index (χ3n) is 4.66. The number of phenols is 1. The Balaban J connectivity index is 1.77. The summed E-state index contributed by atoms with van der Waals surface area (Å²) in [4.78, 5) is 4.88. The summed E-state index contributed by atoms with van der Waals surface area (Å²) < 4.78 is 17.3. The van der Waals surface area contributed by atoms with Gasteiger partial charge in [0.25, 0.3) is 0 Å². The number of aryl methyl sites for hydroxylation is 1. The Labute approximate surface area is 167 Å². The van der Waals surface area contributed by atoms with Gasteiger partial charge in [-0.3, -0.25) is 4.21 Å². The minimum absolute atomic E-state index is 0.220. The van der Waals surface area contributed by atoms with Crippen molar-refractivity contribution >= 4 is 37.6 Å². The number of phenolic OH excluding ortho intramolecular Hbond substituents is 1. The van der Waals surface area contributed by atoms with Gasteiger partial charge in [-0.1, -0.05) is 18.2 Å². The van der Waals surface area contributed by atoms with Crippen molar-refractivity contribution in [3.8, 4) is 5.75 Å². The fourth-order valence-electron chi connectivity index (χ4n) is 3.20. The highest BCUT2D eigenvalue weighted by atomic mass is 79.9. The second-order valence-electron chi connectivity index (χ2n) is 6.35. The Kier molecular flexibility index (Phi) is 4.88.